The van der Waals surface area contributed by atoms with Crippen LogP contribution < -0.4 is 15.4 Å². The summed E-state index contributed by atoms with van der Waals surface area (Å²) < 4.78 is 2.73. The Hall–Kier alpha value is -2.09. The molecule has 1 saturated heterocycles. The average molecular weight is 405 g/mol. The van der Waals surface area contributed by atoms with Gasteiger partial charge in [0, 0.05) is 29.3 Å². The number of urea groups is 1. The van der Waals surface area contributed by atoms with Gasteiger partial charge in [0.25, 0.3) is 0 Å². The van der Waals surface area contributed by atoms with Gasteiger partial charge in [-0.1, -0.05) is 41.5 Å². The molecule has 8 heteroatoms. The molecular weight excluding hydrogens is 372 g/mol. The lowest BCUT2D eigenvalue weighted by Crippen LogP contribution is -2.28. The predicted octanol–water partition coefficient (Wildman–Crippen LogP) is 4.48. The normalized spacial score (nSPS) is 16.8. The summed E-state index contributed by atoms with van der Waals surface area (Å²) in [4.78, 5) is 22.2. The molecule has 0 saturated carbocycles. The first-order chi connectivity index (χ1) is 13.0. The molecule has 0 aromatic carbocycles. The molecule has 2 amide bonds. The van der Waals surface area contributed by atoms with Crippen molar-refractivity contribution in [3.63, 3.8) is 0 Å². The molecule has 0 aliphatic carbocycles. The van der Waals surface area contributed by atoms with E-state index in [1.807, 2.05) is 6.07 Å². The predicted molar refractivity (Wildman–Crippen MR) is 117 cm³/mol. The summed E-state index contributed by atoms with van der Waals surface area (Å²) in [6, 6.07) is 1.59. The van der Waals surface area contributed by atoms with Gasteiger partial charge >= 0.3 is 6.03 Å². The number of nitrogens with one attached hydrogen (secondary N) is 4. The Kier molecular flexibility index (Phi) is 7.09. The van der Waals surface area contributed by atoms with Gasteiger partial charge < -0.3 is 10.7 Å². The van der Waals surface area contributed by atoms with Gasteiger partial charge in [-0.2, -0.15) is 0 Å². The van der Waals surface area contributed by atoms with Crippen LogP contribution in [0.15, 0.2) is 16.7 Å². The van der Waals surface area contributed by atoms with Gasteiger partial charge in [-0.3, -0.25) is 10.0 Å². The van der Waals surface area contributed by atoms with Crippen molar-refractivity contribution in [1.82, 2.24) is 20.0 Å². The lowest BCUT2D eigenvalue weighted by molar-refractivity contribution is 0.257. The maximum absolute atomic E-state index is 12.4. The number of amides is 2. The molecule has 0 spiro atoms. The van der Waals surface area contributed by atoms with Crippen molar-refractivity contribution in [1.29, 1.82) is 5.41 Å². The number of carbonyl (C=O) groups excluding carboxylic acids is 1. The second-order valence-corrected chi connectivity index (χ2v) is 9.84. The molecule has 7 nitrogen and oxygen atoms in total. The molecule has 2 rings (SSSR count). The molecular formula is C20H32N6OS. The van der Waals surface area contributed by atoms with Crippen molar-refractivity contribution < 1.29 is 4.79 Å². The molecule has 1 fully saturated rings. The largest absolute Gasteiger partial charge is 0.387 e. The summed E-state index contributed by atoms with van der Waals surface area (Å²) in [6.07, 6.45) is 4.39. The SMILES string of the molecule is CC(C)(C)c1cc(C(C)(C)C)nc(NC(=O)NS/C(C=N)=C2\CCCCN2)n1. The summed E-state index contributed by atoms with van der Waals surface area (Å²) in [5, 5.41) is 13.7. The second-order valence-electron chi connectivity index (χ2n) is 8.99. The van der Waals surface area contributed by atoms with Crippen molar-refractivity contribution in [2.45, 2.75) is 71.6 Å². The Morgan fingerprint density at radius 1 is 1.14 bits per heavy atom. The van der Waals surface area contributed by atoms with Crippen molar-refractivity contribution in [2.75, 3.05) is 11.9 Å². The van der Waals surface area contributed by atoms with Crippen LogP contribution >= 0.6 is 11.9 Å². The molecule has 1 aliphatic heterocycles. The van der Waals surface area contributed by atoms with E-state index < -0.39 is 6.03 Å². The van der Waals surface area contributed by atoms with E-state index in [4.69, 9.17) is 5.41 Å². The molecule has 1 aromatic rings. The maximum atomic E-state index is 12.4. The van der Waals surface area contributed by atoms with Crippen LogP contribution in [0.1, 0.15) is 72.2 Å². The first-order valence-electron chi connectivity index (χ1n) is 9.62. The van der Waals surface area contributed by atoms with E-state index >= 15 is 0 Å². The monoisotopic (exact) mass is 404 g/mol. The number of allylic oxidation sites excluding steroid dienone is 2. The van der Waals surface area contributed by atoms with E-state index in [0.29, 0.717) is 0 Å². The first kappa shape index (κ1) is 22.2. The van der Waals surface area contributed by atoms with Crippen LogP contribution in [0.2, 0.25) is 0 Å². The van der Waals surface area contributed by atoms with Crippen molar-refractivity contribution >= 4 is 30.1 Å². The molecule has 0 bridgehead atoms. The lowest BCUT2D eigenvalue weighted by atomic mass is 9.87. The number of hydrogen-bond donors (Lipinski definition) is 4. The standard InChI is InChI=1S/C20H32N6OS/c1-19(2,3)15-11-16(20(4,5)6)24-17(23-15)25-18(27)26-28-14(12-21)13-9-7-8-10-22-13/h11-12,21-22H,7-10H2,1-6H3,(H2,23,24,25,26,27)/b14-13+,21-12?. The minimum absolute atomic E-state index is 0.158. The highest BCUT2D eigenvalue weighted by molar-refractivity contribution is 8.02. The number of anilines is 1. The highest BCUT2D eigenvalue weighted by Crippen LogP contribution is 2.27. The van der Waals surface area contributed by atoms with Crippen LogP contribution in [0.4, 0.5) is 10.7 Å². The minimum atomic E-state index is -0.410. The number of aromatic nitrogens is 2. The third-order valence-electron chi connectivity index (χ3n) is 4.36. The number of piperidine rings is 1. The minimum Gasteiger partial charge on any atom is -0.387 e. The Bertz CT molecular complexity index is 721. The lowest BCUT2D eigenvalue weighted by Gasteiger charge is -2.24. The molecule has 1 aromatic heterocycles. The molecule has 0 unspecified atom stereocenters. The van der Waals surface area contributed by atoms with E-state index in [2.05, 4.69) is 66.9 Å². The smallest absolute Gasteiger partial charge is 0.331 e. The van der Waals surface area contributed by atoms with Crippen LogP contribution in [0.3, 0.4) is 0 Å². The fourth-order valence-electron chi connectivity index (χ4n) is 2.64. The molecule has 1 aliphatic rings. The van der Waals surface area contributed by atoms with Gasteiger partial charge in [0.1, 0.15) is 0 Å². The van der Waals surface area contributed by atoms with Gasteiger partial charge in [-0.05, 0) is 37.3 Å². The van der Waals surface area contributed by atoms with Crippen LogP contribution in [-0.4, -0.2) is 28.8 Å². The third kappa shape index (κ3) is 6.22. The topological polar surface area (TPSA) is 103 Å². The van der Waals surface area contributed by atoms with Gasteiger partial charge in [0.05, 0.1) is 16.3 Å². The quantitative estimate of drug-likeness (QED) is 0.438. The van der Waals surface area contributed by atoms with Crippen LogP contribution in [0.25, 0.3) is 0 Å². The summed E-state index contributed by atoms with van der Waals surface area (Å²) >= 11 is 1.13. The van der Waals surface area contributed by atoms with E-state index in [9.17, 15) is 4.79 Å². The van der Waals surface area contributed by atoms with Crippen LogP contribution in [0.5, 0.6) is 0 Å². The molecule has 154 valence electrons. The highest BCUT2D eigenvalue weighted by atomic mass is 32.2. The van der Waals surface area contributed by atoms with Crippen LogP contribution in [0, 0.1) is 5.41 Å². The van der Waals surface area contributed by atoms with E-state index in [1.165, 1.54) is 6.21 Å². The van der Waals surface area contributed by atoms with Gasteiger partial charge in [-0.15, -0.1) is 0 Å². The summed E-state index contributed by atoms with van der Waals surface area (Å²) in [5.41, 5.74) is 2.45. The Morgan fingerprint density at radius 2 is 1.75 bits per heavy atom. The van der Waals surface area contributed by atoms with Crippen molar-refractivity contribution in [3.8, 4) is 0 Å². The van der Waals surface area contributed by atoms with E-state index in [-0.39, 0.29) is 16.8 Å². The fraction of sp³-hybridized carbons (Fsp3) is 0.600. The number of hydrogen-bond acceptors (Lipinski definition) is 6. The summed E-state index contributed by atoms with van der Waals surface area (Å²) in [6.45, 7) is 13.4. The second kappa shape index (κ2) is 8.94. The van der Waals surface area contributed by atoms with Gasteiger partial charge in [0.15, 0.2) is 0 Å². The Morgan fingerprint density at radius 3 is 2.21 bits per heavy atom. The fourth-order valence-corrected chi connectivity index (χ4v) is 3.25. The van der Waals surface area contributed by atoms with E-state index in [1.54, 1.807) is 0 Å². The van der Waals surface area contributed by atoms with Gasteiger partial charge in [0.2, 0.25) is 5.95 Å². The highest BCUT2D eigenvalue weighted by Gasteiger charge is 2.23. The zero-order valence-electron chi connectivity index (χ0n) is 17.7. The van der Waals surface area contributed by atoms with Crippen molar-refractivity contribution in [2.24, 2.45) is 0 Å². The van der Waals surface area contributed by atoms with Crippen molar-refractivity contribution in [3.05, 3.63) is 28.1 Å². The number of rotatable bonds is 4. The average Bonchev–Trinajstić information content (AvgIpc) is 2.61. The molecule has 0 atom stereocenters. The zero-order valence-corrected chi connectivity index (χ0v) is 18.5. The zero-order chi connectivity index (χ0) is 20.9. The Labute approximate surface area is 172 Å². The first-order valence-corrected chi connectivity index (χ1v) is 10.4. The summed E-state index contributed by atoms with van der Waals surface area (Å²) in [7, 11) is 0. The maximum Gasteiger partial charge on any atom is 0.331 e. The molecule has 4 N–H and O–H groups in total. The number of carbonyl (C=O) groups is 1. The number of nitrogens with zero attached hydrogens (tertiary/aromatic N) is 2. The molecule has 0 radical (unpaired) electrons. The van der Waals surface area contributed by atoms with Crippen LogP contribution in [-0.2, 0) is 10.8 Å². The third-order valence-corrected chi connectivity index (χ3v) is 5.23. The summed E-state index contributed by atoms with van der Waals surface area (Å²) in [5.74, 6) is 0.287. The Balaban J connectivity index is 2.13. The molecule has 28 heavy (non-hydrogen) atoms. The van der Waals surface area contributed by atoms with E-state index in [0.717, 1.165) is 59.7 Å². The molecule has 2 heterocycles. The van der Waals surface area contributed by atoms with Gasteiger partial charge in [-0.25, -0.2) is 14.8 Å².